The van der Waals surface area contributed by atoms with Crippen molar-refractivity contribution in [1.29, 1.82) is 0 Å². The molecule has 1 heterocycles. The van der Waals surface area contributed by atoms with E-state index in [9.17, 15) is 4.21 Å². The number of hydrogen-bond acceptors (Lipinski definition) is 3. The minimum atomic E-state index is -1.07. The summed E-state index contributed by atoms with van der Waals surface area (Å²) in [6.07, 6.45) is 0. The first-order valence-corrected chi connectivity index (χ1v) is 7.52. The molecule has 4 heteroatoms. The SMILES string of the molecule is Cc1ccc([S@@](=O)CC2=N[C@@H](C(C)C)CO2)cc1. The van der Waals surface area contributed by atoms with E-state index in [4.69, 9.17) is 4.74 Å². The van der Waals surface area contributed by atoms with Crippen molar-refractivity contribution in [2.45, 2.75) is 31.7 Å². The van der Waals surface area contributed by atoms with E-state index in [1.165, 1.54) is 5.56 Å². The first-order chi connectivity index (χ1) is 8.56. The van der Waals surface area contributed by atoms with Crippen LogP contribution in [0, 0.1) is 12.8 Å². The van der Waals surface area contributed by atoms with Gasteiger partial charge in [-0.2, -0.15) is 0 Å². The monoisotopic (exact) mass is 265 g/mol. The second-order valence-electron chi connectivity index (χ2n) is 4.95. The average Bonchev–Trinajstić information content (AvgIpc) is 2.78. The molecule has 1 aliphatic heterocycles. The molecule has 0 fully saturated rings. The summed E-state index contributed by atoms with van der Waals surface area (Å²) in [6.45, 7) is 6.89. The Morgan fingerprint density at radius 2 is 2.06 bits per heavy atom. The van der Waals surface area contributed by atoms with E-state index >= 15 is 0 Å². The minimum Gasteiger partial charge on any atom is -0.478 e. The number of ether oxygens (including phenoxy) is 1. The van der Waals surface area contributed by atoms with Gasteiger partial charge in [-0.05, 0) is 25.0 Å². The topological polar surface area (TPSA) is 38.7 Å². The predicted molar refractivity (Wildman–Crippen MR) is 74.5 cm³/mol. The number of rotatable bonds is 4. The molecule has 0 N–H and O–H groups in total. The van der Waals surface area contributed by atoms with E-state index in [-0.39, 0.29) is 6.04 Å². The van der Waals surface area contributed by atoms with Gasteiger partial charge in [0, 0.05) is 4.90 Å². The Hall–Kier alpha value is -1.16. The fraction of sp³-hybridized carbons (Fsp3) is 0.500. The molecule has 18 heavy (non-hydrogen) atoms. The van der Waals surface area contributed by atoms with E-state index in [1.54, 1.807) is 0 Å². The van der Waals surface area contributed by atoms with Gasteiger partial charge in [0.05, 0.1) is 16.8 Å². The van der Waals surface area contributed by atoms with E-state index in [0.29, 0.717) is 24.2 Å². The van der Waals surface area contributed by atoms with Gasteiger partial charge < -0.3 is 4.74 Å². The molecule has 0 radical (unpaired) electrons. The maximum Gasteiger partial charge on any atom is 0.197 e. The lowest BCUT2D eigenvalue weighted by Gasteiger charge is -2.06. The van der Waals surface area contributed by atoms with Gasteiger partial charge in [-0.15, -0.1) is 0 Å². The van der Waals surface area contributed by atoms with Gasteiger partial charge in [0.2, 0.25) is 0 Å². The molecule has 0 unspecified atom stereocenters. The molecular formula is C14H19NO2S. The Labute approximate surface area is 111 Å². The molecule has 1 aromatic carbocycles. The van der Waals surface area contributed by atoms with E-state index in [2.05, 4.69) is 18.8 Å². The molecule has 2 rings (SSSR count). The Balaban J connectivity index is 2.00. The summed E-state index contributed by atoms with van der Waals surface area (Å²) in [7, 11) is -1.07. The van der Waals surface area contributed by atoms with Gasteiger partial charge in [0.15, 0.2) is 5.90 Å². The van der Waals surface area contributed by atoms with Gasteiger partial charge in [-0.1, -0.05) is 31.5 Å². The Bertz CT molecular complexity index is 465. The molecule has 0 bridgehead atoms. The summed E-state index contributed by atoms with van der Waals surface area (Å²) in [5, 5.41) is 0. The van der Waals surface area contributed by atoms with Gasteiger partial charge in [-0.3, -0.25) is 4.21 Å². The van der Waals surface area contributed by atoms with Crippen LogP contribution in [0.5, 0.6) is 0 Å². The predicted octanol–water partition coefficient (Wildman–Crippen LogP) is 2.56. The van der Waals surface area contributed by atoms with Crippen molar-refractivity contribution in [3.63, 3.8) is 0 Å². The van der Waals surface area contributed by atoms with Crippen LogP contribution < -0.4 is 0 Å². The van der Waals surface area contributed by atoms with Crippen LogP contribution in [-0.4, -0.2) is 28.5 Å². The molecule has 0 aromatic heterocycles. The van der Waals surface area contributed by atoms with Crippen molar-refractivity contribution in [2.24, 2.45) is 10.9 Å². The molecule has 1 aliphatic rings. The molecule has 1 aromatic rings. The van der Waals surface area contributed by atoms with Crippen molar-refractivity contribution in [3.05, 3.63) is 29.8 Å². The van der Waals surface area contributed by atoms with E-state index in [1.807, 2.05) is 31.2 Å². The maximum atomic E-state index is 12.1. The van der Waals surface area contributed by atoms with Crippen molar-refractivity contribution in [3.8, 4) is 0 Å². The van der Waals surface area contributed by atoms with Crippen LogP contribution in [0.1, 0.15) is 19.4 Å². The lowest BCUT2D eigenvalue weighted by Crippen LogP contribution is -2.13. The molecule has 0 saturated heterocycles. The van der Waals surface area contributed by atoms with Crippen LogP contribution in [-0.2, 0) is 15.5 Å². The fourth-order valence-electron chi connectivity index (χ4n) is 1.75. The number of benzene rings is 1. The Morgan fingerprint density at radius 3 is 2.61 bits per heavy atom. The molecule has 0 saturated carbocycles. The van der Waals surface area contributed by atoms with Crippen molar-refractivity contribution >= 4 is 16.7 Å². The molecule has 0 spiro atoms. The molecular weight excluding hydrogens is 246 g/mol. The number of aliphatic imine (C=N–C) groups is 1. The first kappa shape index (κ1) is 13.3. The van der Waals surface area contributed by atoms with Crippen LogP contribution in [0.25, 0.3) is 0 Å². The summed E-state index contributed by atoms with van der Waals surface area (Å²) in [4.78, 5) is 5.31. The lowest BCUT2D eigenvalue weighted by molar-refractivity contribution is 0.290. The molecule has 0 amide bonds. The Morgan fingerprint density at radius 1 is 1.39 bits per heavy atom. The first-order valence-electron chi connectivity index (χ1n) is 6.21. The molecule has 98 valence electrons. The van der Waals surface area contributed by atoms with E-state index in [0.717, 1.165) is 4.90 Å². The highest BCUT2D eigenvalue weighted by atomic mass is 32.2. The molecule has 2 atom stereocenters. The third-order valence-electron chi connectivity index (χ3n) is 3.04. The number of aryl methyl sites for hydroxylation is 1. The summed E-state index contributed by atoms with van der Waals surface area (Å²) in [5.74, 6) is 1.48. The average molecular weight is 265 g/mol. The summed E-state index contributed by atoms with van der Waals surface area (Å²) < 4.78 is 17.6. The summed E-state index contributed by atoms with van der Waals surface area (Å²) >= 11 is 0. The zero-order valence-electron chi connectivity index (χ0n) is 11.1. The van der Waals surface area contributed by atoms with Crippen LogP contribution >= 0.6 is 0 Å². The van der Waals surface area contributed by atoms with Gasteiger partial charge in [0.1, 0.15) is 12.4 Å². The Kier molecular flexibility index (Phi) is 4.17. The van der Waals surface area contributed by atoms with Crippen molar-refractivity contribution in [1.82, 2.24) is 0 Å². The maximum absolute atomic E-state index is 12.1. The van der Waals surface area contributed by atoms with Crippen LogP contribution in [0.3, 0.4) is 0 Å². The third kappa shape index (κ3) is 3.19. The smallest absolute Gasteiger partial charge is 0.197 e. The highest BCUT2D eigenvalue weighted by molar-refractivity contribution is 7.85. The van der Waals surface area contributed by atoms with Crippen LogP contribution in [0.2, 0.25) is 0 Å². The largest absolute Gasteiger partial charge is 0.478 e. The lowest BCUT2D eigenvalue weighted by atomic mass is 10.1. The quantitative estimate of drug-likeness (QED) is 0.839. The highest BCUT2D eigenvalue weighted by Gasteiger charge is 2.23. The van der Waals surface area contributed by atoms with Gasteiger partial charge in [0.25, 0.3) is 0 Å². The highest BCUT2D eigenvalue weighted by Crippen LogP contribution is 2.16. The summed E-state index contributed by atoms with van der Waals surface area (Å²) in [5.41, 5.74) is 1.17. The van der Waals surface area contributed by atoms with Crippen LogP contribution in [0.4, 0.5) is 0 Å². The number of hydrogen-bond donors (Lipinski definition) is 0. The van der Waals surface area contributed by atoms with Crippen molar-refractivity contribution in [2.75, 3.05) is 12.4 Å². The standard InChI is InChI=1S/C14H19NO2S/c1-10(2)13-8-17-14(15-13)9-18(16)12-6-4-11(3)5-7-12/h4-7,10,13H,8-9H2,1-3H3/t13-,18+/m1/s1. The second kappa shape index (κ2) is 5.65. The van der Waals surface area contributed by atoms with E-state index < -0.39 is 10.8 Å². The number of nitrogens with zero attached hydrogens (tertiary/aromatic N) is 1. The third-order valence-corrected chi connectivity index (χ3v) is 4.35. The fourth-order valence-corrected chi connectivity index (χ4v) is 2.74. The molecule has 0 aliphatic carbocycles. The van der Waals surface area contributed by atoms with Gasteiger partial charge >= 0.3 is 0 Å². The van der Waals surface area contributed by atoms with Gasteiger partial charge in [-0.25, -0.2) is 4.99 Å². The van der Waals surface area contributed by atoms with Crippen LogP contribution in [0.15, 0.2) is 34.2 Å². The summed E-state index contributed by atoms with van der Waals surface area (Å²) in [6, 6.07) is 7.97. The zero-order chi connectivity index (χ0) is 13.1. The zero-order valence-corrected chi connectivity index (χ0v) is 11.9. The van der Waals surface area contributed by atoms with Crippen molar-refractivity contribution < 1.29 is 8.95 Å². The second-order valence-corrected chi connectivity index (χ2v) is 6.40. The molecule has 3 nitrogen and oxygen atoms in total. The normalized spacial score (nSPS) is 20.7. The minimum absolute atomic E-state index is 0.218.